The Morgan fingerprint density at radius 3 is 2.88 bits per heavy atom. The van der Waals surface area contributed by atoms with Gasteiger partial charge in [-0.1, -0.05) is 6.92 Å². The number of aromatic nitrogens is 1. The molecule has 0 radical (unpaired) electrons. The first-order valence-corrected chi connectivity index (χ1v) is 9.23. The van der Waals surface area contributed by atoms with Crippen molar-refractivity contribution >= 4 is 28.3 Å². The number of methoxy groups -OCH3 is 1. The summed E-state index contributed by atoms with van der Waals surface area (Å²) in [6, 6.07) is 4.19. The molecule has 0 spiro atoms. The third kappa shape index (κ3) is 4.37. The Bertz CT molecular complexity index is 824. The highest BCUT2D eigenvalue weighted by molar-refractivity contribution is 7.14. The molecule has 1 aromatic heterocycles. The second-order valence-corrected chi connectivity index (χ2v) is 7.15. The van der Waals surface area contributed by atoms with Gasteiger partial charge in [-0.2, -0.15) is 0 Å². The fourth-order valence-corrected chi connectivity index (χ4v) is 3.36. The number of rotatable bonds is 7. The van der Waals surface area contributed by atoms with E-state index in [0.717, 1.165) is 6.42 Å². The van der Waals surface area contributed by atoms with Crippen LogP contribution in [0.5, 0.6) is 5.75 Å². The summed E-state index contributed by atoms with van der Waals surface area (Å²) < 4.78 is 18.7. The normalized spacial score (nSPS) is 18.3. The van der Waals surface area contributed by atoms with E-state index in [0.29, 0.717) is 34.6 Å². The molecule has 0 saturated heterocycles. The van der Waals surface area contributed by atoms with E-state index in [1.807, 2.05) is 6.92 Å². The van der Waals surface area contributed by atoms with E-state index in [1.165, 1.54) is 36.6 Å². The third-order valence-electron chi connectivity index (χ3n) is 4.29. The molecule has 138 valence electrons. The van der Waals surface area contributed by atoms with Gasteiger partial charge in [-0.25, -0.2) is 9.37 Å². The number of nitrogens with zero attached hydrogens (tertiary/aromatic N) is 1. The second kappa shape index (κ2) is 7.82. The maximum absolute atomic E-state index is 13.5. The summed E-state index contributed by atoms with van der Waals surface area (Å²) in [4.78, 5) is 28.0. The van der Waals surface area contributed by atoms with Gasteiger partial charge in [-0.05, 0) is 30.5 Å². The lowest BCUT2D eigenvalue weighted by Gasteiger charge is -2.06. The molecule has 1 heterocycles. The summed E-state index contributed by atoms with van der Waals surface area (Å²) in [7, 11) is 1.50. The van der Waals surface area contributed by atoms with Crippen LogP contribution < -0.4 is 15.4 Å². The SMILES string of the molecule is COc1ccc(F)cc1-c1csc(NC(=O)CCNC(=O)C2CC2C)n1. The minimum atomic E-state index is -0.389. The van der Waals surface area contributed by atoms with Gasteiger partial charge in [0, 0.05) is 29.8 Å². The molecule has 2 N–H and O–H groups in total. The summed E-state index contributed by atoms with van der Waals surface area (Å²) in [5, 5.41) is 7.60. The summed E-state index contributed by atoms with van der Waals surface area (Å²) >= 11 is 1.24. The number of carbonyl (C=O) groups excluding carboxylic acids is 2. The number of carbonyl (C=O) groups is 2. The molecule has 6 nitrogen and oxygen atoms in total. The Balaban J connectivity index is 1.54. The number of halogens is 1. The molecule has 1 aromatic carbocycles. The van der Waals surface area contributed by atoms with E-state index in [2.05, 4.69) is 15.6 Å². The number of thiazole rings is 1. The molecule has 2 unspecified atom stereocenters. The Labute approximate surface area is 154 Å². The van der Waals surface area contributed by atoms with Crippen molar-refractivity contribution in [2.24, 2.45) is 11.8 Å². The smallest absolute Gasteiger partial charge is 0.227 e. The second-order valence-electron chi connectivity index (χ2n) is 6.29. The zero-order valence-corrected chi connectivity index (χ0v) is 15.4. The molecular formula is C18H20FN3O3S. The lowest BCUT2D eigenvalue weighted by molar-refractivity contribution is -0.122. The molecule has 1 fully saturated rings. The lowest BCUT2D eigenvalue weighted by Crippen LogP contribution is -2.29. The van der Waals surface area contributed by atoms with E-state index >= 15 is 0 Å². The van der Waals surface area contributed by atoms with Gasteiger partial charge in [0.1, 0.15) is 11.6 Å². The van der Waals surface area contributed by atoms with Crippen LogP contribution in [-0.4, -0.2) is 30.5 Å². The molecule has 0 bridgehead atoms. The van der Waals surface area contributed by atoms with Crippen LogP contribution in [0.3, 0.4) is 0 Å². The van der Waals surface area contributed by atoms with Gasteiger partial charge < -0.3 is 15.4 Å². The van der Waals surface area contributed by atoms with Gasteiger partial charge in [0.05, 0.1) is 12.8 Å². The zero-order chi connectivity index (χ0) is 18.7. The summed E-state index contributed by atoms with van der Waals surface area (Å²) in [6.45, 7) is 2.33. The third-order valence-corrected chi connectivity index (χ3v) is 5.04. The predicted molar refractivity (Wildman–Crippen MR) is 97.6 cm³/mol. The number of nitrogens with one attached hydrogen (secondary N) is 2. The summed E-state index contributed by atoms with van der Waals surface area (Å²) in [5.74, 6) is 0.436. The molecule has 2 aromatic rings. The number of amides is 2. The van der Waals surface area contributed by atoms with Crippen LogP contribution in [0, 0.1) is 17.7 Å². The first-order valence-electron chi connectivity index (χ1n) is 8.35. The largest absolute Gasteiger partial charge is 0.496 e. The Morgan fingerprint density at radius 2 is 2.19 bits per heavy atom. The van der Waals surface area contributed by atoms with Crippen molar-refractivity contribution in [2.75, 3.05) is 19.0 Å². The van der Waals surface area contributed by atoms with Crippen LogP contribution in [0.15, 0.2) is 23.6 Å². The summed E-state index contributed by atoms with van der Waals surface area (Å²) in [5.41, 5.74) is 1.05. The van der Waals surface area contributed by atoms with Crippen molar-refractivity contribution in [2.45, 2.75) is 19.8 Å². The predicted octanol–water partition coefficient (Wildman–Crippen LogP) is 3.06. The monoisotopic (exact) mass is 377 g/mol. The minimum Gasteiger partial charge on any atom is -0.496 e. The quantitative estimate of drug-likeness (QED) is 0.777. The minimum absolute atomic E-state index is 0.0139. The highest BCUT2D eigenvalue weighted by Crippen LogP contribution is 2.37. The highest BCUT2D eigenvalue weighted by Gasteiger charge is 2.38. The molecule has 2 atom stereocenters. The Morgan fingerprint density at radius 1 is 1.42 bits per heavy atom. The Kier molecular flexibility index (Phi) is 5.51. The number of hydrogen-bond donors (Lipinski definition) is 2. The lowest BCUT2D eigenvalue weighted by atomic mass is 10.1. The van der Waals surface area contributed by atoms with Crippen molar-refractivity contribution in [3.05, 3.63) is 29.4 Å². The van der Waals surface area contributed by atoms with E-state index < -0.39 is 0 Å². The fraction of sp³-hybridized carbons (Fsp3) is 0.389. The molecule has 2 amide bonds. The van der Waals surface area contributed by atoms with Crippen molar-refractivity contribution < 1.29 is 18.7 Å². The fourth-order valence-electron chi connectivity index (χ4n) is 2.63. The van der Waals surface area contributed by atoms with Crippen LogP contribution >= 0.6 is 11.3 Å². The maximum atomic E-state index is 13.5. The van der Waals surface area contributed by atoms with Crippen LogP contribution in [0.25, 0.3) is 11.3 Å². The first kappa shape index (κ1) is 18.3. The molecular weight excluding hydrogens is 357 g/mol. The average Bonchev–Trinajstić information content (AvgIpc) is 3.17. The van der Waals surface area contributed by atoms with Gasteiger partial charge in [-0.15, -0.1) is 11.3 Å². The first-order chi connectivity index (χ1) is 12.5. The van der Waals surface area contributed by atoms with E-state index in [1.54, 1.807) is 5.38 Å². The molecule has 1 aliphatic rings. The van der Waals surface area contributed by atoms with Crippen LogP contribution in [-0.2, 0) is 9.59 Å². The van der Waals surface area contributed by atoms with Crippen LogP contribution in [0.4, 0.5) is 9.52 Å². The average molecular weight is 377 g/mol. The van der Waals surface area contributed by atoms with E-state index in [9.17, 15) is 14.0 Å². The molecule has 0 aliphatic heterocycles. The standard InChI is InChI=1S/C18H20FN3O3S/c1-10-7-12(10)17(24)20-6-5-16(23)22-18-21-14(9-26-18)13-8-11(19)3-4-15(13)25-2/h3-4,8-10,12H,5-7H2,1-2H3,(H,20,24)(H,21,22,23). The number of hydrogen-bond acceptors (Lipinski definition) is 5. The number of benzene rings is 1. The van der Waals surface area contributed by atoms with Gasteiger partial charge >= 0.3 is 0 Å². The molecule has 1 aliphatic carbocycles. The van der Waals surface area contributed by atoms with Crippen molar-refractivity contribution in [3.63, 3.8) is 0 Å². The van der Waals surface area contributed by atoms with Crippen LogP contribution in [0.1, 0.15) is 19.8 Å². The van der Waals surface area contributed by atoms with E-state index in [-0.39, 0.29) is 30.0 Å². The number of ether oxygens (including phenoxy) is 1. The zero-order valence-electron chi connectivity index (χ0n) is 14.5. The summed E-state index contributed by atoms with van der Waals surface area (Å²) in [6.07, 6.45) is 1.09. The van der Waals surface area contributed by atoms with Gasteiger partial charge in [0.15, 0.2) is 5.13 Å². The molecule has 3 rings (SSSR count). The van der Waals surface area contributed by atoms with Gasteiger partial charge in [-0.3, -0.25) is 9.59 Å². The molecule has 8 heteroatoms. The van der Waals surface area contributed by atoms with Crippen molar-refractivity contribution in [1.82, 2.24) is 10.3 Å². The van der Waals surface area contributed by atoms with Crippen molar-refractivity contribution in [3.8, 4) is 17.0 Å². The molecule has 26 heavy (non-hydrogen) atoms. The van der Waals surface area contributed by atoms with Gasteiger partial charge in [0.25, 0.3) is 0 Å². The van der Waals surface area contributed by atoms with Gasteiger partial charge in [0.2, 0.25) is 11.8 Å². The molecule has 1 saturated carbocycles. The van der Waals surface area contributed by atoms with Crippen LogP contribution in [0.2, 0.25) is 0 Å². The maximum Gasteiger partial charge on any atom is 0.227 e. The highest BCUT2D eigenvalue weighted by atomic mass is 32.1. The van der Waals surface area contributed by atoms with Crippen molar-refractivity contribution in [1.29, 1.82) is 0 Å². The number of anilines is 1. The Hall–Kier alpha value is -2.48. The van der Waals surface area contributed by atoms with E-state index in [4.69, 9.17) is 4.74 Å². The topological polar surface area (TPSA) is 80.3 Å².